The minimum absolute atomic E-state index is 0.575. The van der Waals surface area contributed by atoms with Crippen LogP contribution in [0.2, 0.25) is 0 Å². The molecule has 3 saturated carbocycles. The highest BCUT2D eigenvalue weighted by atomic mass is 16.5. The second kappa shape index (κ2) is 8.70. The van der Waals surface area contributed by atoms with Crippen LogP contribution in [0, 0.1) is 17.8 Å². The summed E-state index contributed by atoms with van der Waals surface area (Å²) >= 11 is 0. The van der Waals surface area contributed by atoms with Gasteiger partial charge in [-0.05, 0) is 102 Å². The molecule has 0 bridgehead atoms. The van der Waals surface area contributed by atoms with Crippen LogP contribution in [0.1, 0.15) is 97.3 Å². The van der Waals surface area contributed by atoms with E-state index in [9.17, 15) is 0 Å². The first-order valence-electron chi connectivity index (χ1n) is 10.6. The lowest BCUT2D eigenvalue weighted by atomic mass is 9.70. The average molecular weight is 319 g/mol. The van der Waals surface area contributed by atoms with Gasteiger partial charge in [0.15, 0.2) is 0 Å². The lowest BCUT2D eigenvalue weighted by molar-refractivity contribution is 0.0160. The average Bonchev–Trinajstić information content (AvgIpc) is 2.63. The van der Waals surface area contributed by atoms with Crippen molar-refractivity contribution in [3.05, 3.63) is 11.1 Å². The molecule has 3 aliphatic rings. The number of allylic oxidation sites excluding steroid dienone is 2. The molecule has 0 heterocycles. The Kier molecular flexibility index (Phi) is 6.62. The predicted molar refractivity (Wildman–Crippen MR) is 98.6 cm³/mol. The van der Waals surface area contributed by atoms with Gasteiger partial charge in [-0.25, -0.2) is 0 Å². The summed E-state index contributed by atoms with van der Waals surface area (Å²) in [6.07, 6.45) is 19.1. The van der Waals surface area contributed by atoms with Gasteiger partial charge in [0, 0.05) is 6.61 Å². The molecule has 3 fully saturated rings. The van der Waals surface area contributed by atoms with Gasteiger partial charge in [-0.1, -0.05) is 24.5 Å². The summed E-state index contributed by atoms with van der Waals surface area (Å²) < 4.78 is 5.83. The van der Waals surface area contributed by atoms with Crippen LogP contribution in [0.25, 0.3) is 0 Å². The number of hydrogen-bond acceptors (Lipinski definition) is 1. The molecule has 0 aromatic rings. The van der Waals surface area contributed by atoms with Gasteiger partial charge in [-0.2, -0.15) is 0 Å². The number of rotatable bonds is 4. The zero-order valence-corrected chi connectivity index (χ0v) is 15.6. The van der Waals surface area contributed by atoms with Gasteiger partial charge < -0.3 is 4.74 Å². The van der Waals surface area contributed by atoms with Gasteiger partial charge in [0.05, 0.1) is 6.10 Å². The van der Waals surface area contributed by atoms with Crippen LogP contribution in [-0.2, 0) is 4.74 Å². The Labute approximate surface area is 144 Å². The zero-order chi connectivity index (χ0) is 16.1. The van der Waals surface area contributed by atoms with Gasteiger partial charge in [0.1, 0.15) is 0 Å². The molecule has 1 heteroatoms. The minimum Gasteiger partial charge on any atom is -0.379 e. The summed E-state index contributed by atoms with van der Waals surface area (Å²) in [6, 6.07) is 0. The van der Waals surface area contributed by atoms with E-state index in [-0.39, 0.29) is 0 Å². The summed E-state index contributed by atoms with van der Waals surface area (Å²) in [5.41, 5.74) is 3.77. The first-order chi connectivity index (χ1) is 11.3. The van der Waals surface area contributed by atoms with Crippen LogP contribution in [0.3, 0.4) is 0 Å². The van der Waals surface area contributed by atoms with E-state index in [1.165, 1.54) is 83.5 Å². The van der Waals surface area contributed by atoms with Crippen LogP contribution in [0.4, 0.5) is 0 Å². The first kappa shape index (κ1) is 17.5. The summed E-state index contributed by atoms with van der Waals surface area (Å²) in [7, 11) is 0. The Morgan fingerprint density at radius 3 is 1.74 bits per heavy atom. The standard InChI is InChI=1S/C22H38O/c1-3-17-5-7-18(8-6-17)19-9-11-20(12-10-19)21-13-15-22(16-14-21)23-4-2/h17,20-22H,3-16H2,1-2H3. The summed E-state index contributed by atoms with van der Waals surface area (Å²) in [6.45, 7) is 5.40. The third kappa shape index (κ3) is 4.62. The summed E-state index contributed by atoms with van der Waals surface area (Å²) in [4.78, 5) is 0. The van der Waals surface area contributed by atoms with Crippen LogP contribution < -0.4 is 0 Å². The summed E-state index contributed by atoms with van der Waals surface area (Å²) in [5, 5.41) is 0. The molecule has 132 valence electrons. The largest absolute Gasteiger partial charge is 0.379 e. The third-order valence-electron chi connectivity index (χ3n) is 7.21. The Bertz CT molecular complexity index is 369. The van der Waals surface area contributed by atoms with E-state index in [0.717, 1.165) is 24.4 Å². The van der Waals surface area contributed by atoms with Crippen molar-refractivity contribution in [1.29, 1.82) is 0 Å². The molecule has 0 saturated heterocycles. The smallest absolute Gasteiger partial charge is 0.0575 e. The second-order valence-corrected chi connectivity index (χ2v) is 8.39. The number of hydrogen-bond donors (Lipinski definition) is 0. The van der Waals surface area contributed by atoms with Crippen molar-refractivity contribution in [2.45, 2.75) is 103 Å². The topological polar surface area (TPSA) is 9.23 Å². The van der Waals surface area contributed by atoms with E-state index in [1.807, 2.05) is 11.1 Å². The molecule has 3 rings (SSSR count). The SMILES string of the molecule is CCOC1CCC(C2CCC(=C3CCC(CC)CC3)CC2)CC1. The normalized spacial score (nSPS) is 36.3. The molecule has 0 aliphatic heterocycles. The van der Waals surface area contributed by atoms with Crippen LogP contribution >= 0.6 is 0 Å². The molecule has 0 unspecified atom stereocenters. The molecule has 0 aromatic heterocycles. The summed E-state index contributed by atoms with van der Waals surface area (Å²) in [5.74, 6) is 3.05. The molecule has 0 amide bonds. The van der Waals surface area contributed by atoms with Gasteiger partial charge in [0.25, 0.3) is 0 Å². The zero-order valence-electron chi connectivity index (χ0n) is 15.6. The maximum absolute atomic E-state index is 5.83. The fourth-order valence-corrected chi connectivity index (χ4v) is 5.56. The van der Waals surface area contributed by atoms with Gasteiger partial charge in [-0.15, -0.1) is 0 Å². The van der Waals surface area contributed by atoms with E-state index < -0.39 is 0 Å². The molecular weight excluding hydrogens is 280 g/mol. The minimum atomic E-state index is 0.575. The van der Waals surface area contributed by atoms with E-state index in [4.69, 9.17) is 4.74 Å². The highest BCUT2D eigenvalue weighted by Gasteiger charge is 2.30. The Morgan fingerprint density at radius 1 is 0.696 bits per heavy atom. The first-order valence-corrected chi connectivity index (χ1v) is 10.6. The van der Waals surface area contributed by atoms with Crippen molar-refractivity contribution in [2.75, 3.05) is 6.61 Å². The van der Waals surface area contributed by atoms with Gasteiger partial charge >= 0.3 is 0 Å². The molecule has 0 atom stereocenters. The molecule has 0 N–H and O–H groups in total. The maximum atomic E-state index is 5.83. The molecular formula is C22H38O. The van der Waals surface area contributed by atoms with Crippen LogP contribution in [0.5, 0.6) is 0 Å². The lowest BCUT2D eigenvalue weighted by Gasteiger charge is -2.37. The molecule has 23 heavy (non-hydrogen) atoms. The quantitative estimate of drug-likeness (QED) is 0.526. The van der Waals surface area contributed by atoms with Crippen LogP contribution in [-0.4, -0.2) is 12.7 Å². The van der Waals surface area contributed by atoms with Crippen molar-refractivity contribution in [1.82, 2.24) is 0 Å². The highest BCUT2D eigenvalue weighted by Crippen LogP contribution is 2.43. The van der Waals surface area contributed by atoms with Gasteiger partial charge in [0.2, 0.25) is 0 Å². The Morgan fingerprint density at radius 2 is 1.22 bits per heavy atom. The van der Waals surface area contributed by atoms with Crippen molar-refractivity contribution in [3.8, 4) is 0 Å². The van der Waals surface area contributed by atoms with Crippen molar-refractivity contribution >= 4 is 0 Å². The second-order valence-electron chi connectivity index (χ2n) is 8.39. The predicted octanol–water partition coefficient (Wildman–Crippen LogP) is 6.67. The lowest BCUT2D eigenvalue weighted by Crippen LogP contribution is -2.27. The van der Waals surface area contributed by atoms with E-state index in [0.29, 0.717) is 6.10 Å². The Balaban J connectivity index is 1.44. The van der Waals surface area contributed by atoms with E-state index in [1.54, 1.807) is 0 Å². The van der Waals surface area contributed by atoms with Gasteiger partial charge in [-0.3, -0.25) is 0 Å². The molecule has 3 aliphatic carbocycles. The van der Waals surface area contributed by atoms with Crippen molar-refractivity contribution in [2.24, 2.45) is 17.8 Å². The maximum Gasteiger partial charge on any atom is 0.0575 e. The number of ether oxygens (including phenoxy) is 1. The van der Waals surface area contributed by atoms with E-state index >= 15 is 0 Å². The highest BCUT2D eigenvalue weighted by molar-refractivity contribution is 5.18. The Hall–Kier alpha value is -0.300. The molecule has 1 nitrogen and oxygen atoms in total. The molecule has 0 radical (unpaired) electrons. The molecule has 0 spiro atoms. The fourth-order valence-electron chi connectivity index (χ4n) is 5.56. The van der Waals surface area contributed by atoms with E-state index in [2.05, 4.69) is 13.8 Å². The van der Waals surface area contributed by atoms with Crippen molar-refractivity contribution in [3.63, 3.8) is 0 Å². The van der Waals surface area contributed by atoms with Crippen LogP contribution in [0.15, 0.2) is 11.1 Å². The van der Waals surface area contributed by atoms with Crippen molar-refractivity contribution < 1.29 is 4.74 Å². The fraction of sp³-hybridized carbons (Fsp3) is 0.909. The monoisotopic (exact) mass is 318 g/mol. The molecule has 0 aromatic carbocycles. The third-order valence-corrected chi connectivity index (χ3v) is 7.21.